The van der Waals surface area contributed by atoms with Gasteiger partial charge in [0.15, 0.2) is 0 Å². The molecule has 0 saturated carbocycles. The summed E-state index contributed by atoms with van der Waals surface area (Å²) in [5, 5.41) is 2.57. The summed E-state index contributed by atoms with van der Waals surface area (Å²) in [5.74, 6) is 0. The zero-order valence-corrected chi connectivity index (χ0v) is 28.9. The van der Waals surface area contributed by atoms with Gasteiger partial charge in [0.2, 0.25) is 0 Å². The molecule has 43 heavy (non-hydrogen) atoms. The summed E-state index contributed by atoms with van der Waals surface area (Å²) in [6.45, 7) is 12.6. The van der Waals surface area contributed by atoms with Crippen molar-refractivity contribution in [3.8, 4) is 0 Å². The van der Waals surface area contributed by atoms with Gasteiger partial charge in [0.25, 0.3) is 8.32 Å². The Labute approximate surface area is 269 Å². The van der Waals surface area contributed by atoms with E-state index in [1.54, 1.807) is 0 Å². The molecule has 0 aliphatic carbocycles. The molecule has 0 aliphatic heterocycles. The predicted octanol–water partition coefficient (Wildman–Crippen LogP) is 9.56. The van der Waals surface area contributed by atoms with Crippen LogP contribution in [0.1, 0.15) is 57.6 Å². The van der Waals surface area contributed by atoms with Gasteiger partial charge in [-0.15, -0.1) is 0 Å². The molecule has 4 rings (SSSR count). The summed E-state index contributed by atoms with van der Waals surface area (Å²) in [4.78, 5) is 2.27. The van der Waals surface area contributed by atoms with Crippen LogP contribution in [0.5, 0.6) is 0 Å². The van der Waals surface area contributed by atoms with Crippen molar-refractivity contribution in [1.29, 1.82) is 0 Å². The van der Waals surface area contributed by atoms with E-state index >= 15 is 0 Å². The van der Waals surface area contributed by atoms with E-state index in [0.29, 0.717) is 13.2 Å². The summed E-state index contributed by atoms with van der Waals surface area (Å²) in [6.07, 6.45) is 3.82. The molecular formula is C37H46O3S2Si. The molecule has 0 bridgehead atoms. The van der Waals surface area contributed by atoms with Crippen molar-refractivity contribution in [1.82, 2.24) is 0 Å². The van der Waals surface area contributed by atoms with Crippen molar-refractivity contribution in [2.24, 2.45) is 0 Å². The van der Waals surface area contributed by atoms with E-state index in [0.717, 1.165) is 35.5 Å². The quantitative estimate of drug-likeness (QED) is 0.0698. The van der Waals surface area contributed by atoms with Crippen LogP contribution >= 0.6 is 24.1 Å². The smallest absolute Gasteiger partial charge is 0.261 e. The Balaban J connectivity index is 1.47. The highest BCUT2D eigenvalue weighted by molar-refractivity contribution is 7.94. The van der Waals surface area contributed by atoms with E-state index in [4.69, 9.17) is 12.8 Å². The molecule has 4 aromatic carbocycles. The zero-order valence-electron chi connectivity index (χ0n) is 26.3. The molecule has 3 nitrogen and oxygen atoms in total. The van der Waals surface area contributed by atoms with Crippen LogP contribution in [0.25, 0.3) is 0 Å². The van der Waals surface area contributed by atoms with Gasteiger partial charge in [0, 0.05) is 40.0 Å². The van der Waals surface area contributed by atoms with Crippen LogP contribution in [0.2, 0.25) is 5.04 Å². The van der Waals surface area contributed by atoms with Crippen LogP contribution in [-0.4, -0.2) is 27.6 Å². The SMILES string of the molecule is Cc1ccc(SOCCCC(CCCOSc2ccc(C)cc2)O[Si](c2ccccc2)(c2ccccc2)C(C)(C)C)cc1. The highest BCUT2D eigenvalue weighted by Crippen LogP contribution is 2.38. The lowest BCUT2D eigenvalue weighted by Gasteiger charge is -2.45. The number of rotatable bonds is 16. The Bertz CT molecular complexity index is 1250. The van der Waals surface area contributed by atoms with Crippen LogP contribution in [0.15, 0.2) is 119 Å². The van der Waals surface area contributed by atoms with Gasteiger partial charge in [-0.2, -0.15) is 0 Å². The van der Waals surface area contributed by atoms with Crippen molar-refractivity contribution in [2.75, 3.05) is 13.2 Å². The lowest BCUT2D eigenvalue weighted by atomic mass is 10.1. The molecule has 0 saturated heterocycles. The Kier molecular flexibility index (Phi) is 13.0. The van der Waals surface area contributed by atoms with E-state index in [9.17, 15) is 0 Å². The molecular weight excluding hydrogens is 585 g/mol. The molecule has 0 radical (unpaired) electrons. The van der Waals surface area contributed by atoms with Crippen LogP contribution in [0.3, 0.4) is 0 Å². The molecule has 6 heteroatoms. The van der Waals surface area contributed by atoms with Gasteiger partial charge >= 0.3 is 0 Å². The topological polar surface area (TPSA) is 27.7 Å². The molecule has 0 fully saturated rings. The van der Waals surface area contributed by atoms with E-state index in [2.05, 4.69) is 144 Å². The molecule has 0 aromatic heterocycles. The first-order valence-corrected chi connectivity index (χ1v) is 18.7. The number of hydrogen-bond acceptors (Lipinski definition) is 5. The third kappa shape index (κ3) is 9.83. The molecule has 4 aromatic rings. The first-order chi connectivity index (χ1) is 20.8. The number of aryl methyl sites for hydroxylation is 2. The number of hydrogen-bond donors (Lipinski definition) is 0. The third-order valence-corrected chi connectivity index (χ3v) is 14.2. The largest absolute Gasteiger partial charge is 0.404 e. The molecule has 0 N–H and O–H groups in total. The number of benzene rings is 4. The van der Waals surface area contributed by atoms with Gasteiger partial charge in [-0.3, -0.25) is 0 Å². The second-order valence-corrected chi connectivity index (χ2v) is 18.1. The Hall–Kier alpha value is -2.32. The summed E-state index contributed by atoms with van der Waals surface area (Å²) in [5.41, 5.74) is 2.52. The van der Waals surface area contributed by atoms with Gasteiger partial charge < -0.3 is 12.8 Å². The molecule has 0 atom stereocenters. The van der Waals surface area contributed by atoms with E-state index < -0.39 is 8.32 Å². The normalized spacial score (nSPS) is 12.1. The molecule has 0 unspecified atom stereocenters. The maximum Gasteiger partial charge on any atom is 0.261 e. The average Bonchev–Trinajstić information content (AvgIpc) is 3.01. The van der Waals surface area contributed by atoms with Gasteiger partial charge in [0.1, 0.15) is 0 Å². The molecule has 0 heterocycles. The van der Waals surface area contributed by atoms with Gasteiger partial charge in [0.05, 0.1) is 13.2 Å². The van der Waals surface area contributed by atoms with Crippen LogP contribution in [-0.2, 0) is 12.8 Å². The van der Waals surface area contributed by atoms with Crippen molar-refractivity contribution >= 4 is 42.8 Å². The van der Waals surface area contributed by atoms with Gasteiger partial charge in [-0.1, -0.05) is 117 Å². The molecule has 0 spiro atoms. The lowest BCUT2D eigenvalue weighted by Crippen LogP contribution is -2.67. The summed E-state index contributed by atoms with van der Waals surface area (Å²) >= 11 is 2.92. The van der Waals surface area contributed by atoms with Crippen molar-refractivity contribution < 1.29 is 12.8 Å². The van der Waals surface area contributed by atoms with Crippen LogP contribution in [0, 0.1) is 13.8 Å². The van der Waals surface area contributed by atoms with E-state index in [1.165, 1.54) is 45.6 Å². The van der Waals surface area contributed by atoms with Gasteiger partial charge in [-0.05, 0) is 79.2 Å². The maximum absolute atomic E-state index is 7.55. The minimum absolute atomic E-state index is 0.0659. The monoisotopic (exact) mass is 630 g/mol. The predicted molar refractivity (Wildman–Crippen MR) is 187 cm³/mol. The van der Waals surface area contributed by atoms with Crippen molar-refractivity contribution in [3.05, 3.63) is 120 Å². The first kappa shape index (κ1) is 33.6. The highest BCUT2D eigenvalue weighted by atomic mass is 32.2. The van der Waals surface area contributed by atoms with Crippen LogP contribution in [0.4, 0.5) is 0 Å². The Morgan fingerprint density at radius 3 is 1.35 bits per heavy atom. The van der Waals surface area contributed by atoms with E-state index in [-0.39, 0.29) is 11.1 Å². The molecule has 0 amide bonds. The van der Waals surface area contributed by atoms with Crippen molar-refractivity contribution in [3.63, 3.8) is 0 Å². The minimum Gasteiger partial charge on any atom is -0.404 e. The fourth-order valence-corrected chi connectivity index (χ4v) is 11.3. The van der Waals surface area contributed by atoms with E-state index in [1.807, 2.05) is 0 Å². The molecule has 228 valence electrons. The Morgan fingerprint density at radius 1 is 0.581 bits per heavy atom. The maximum atomic E-state index is 7.55. The standard InChI is InChI=1S/C37H46O3S2Si/c1-30-20-24-33(25-21-30)41-38-28-12-14-32(15-13-29-39-42-34-26-22-31(2)23-27-34)40-43(37(3,4)5,35-16-8-6-9-17-35)36-18-10-7-11-19-36/h6-11,16-27,32H,12-15,28-29H2,1-5H3. The molecule has 0 aliphatic rings. The van der Waals surface area contributed by atoms with Crippen molar-refractivity contribution in [2.45, 2.75) is 81.2 Å². The fraction of sp³-hybridized carbons (Fsp3) is 0.351. The Morgan fingerprint density at radius 2 is 0.977 bits per heavy atom. The first-order valence-electron chi connectivity index (χ1n) is 15.3. The average molecular weight is 631 g/mol. The second-order valence-electron chi connectivity index (χ2n) is 12.1. The lowest BCUT2D eigenvalue weighted by molar-refractivity contribution is 0.150. The summed E-state index contributed by atoms with van der Waals surface area (Å²) in [7, 11) is -2.66. The minimum atomic E-state index is -2.66. The third-order valence-electron chi connectivity index (χ3n) is 7.62. The summed E-state index contributed by atoms with van der Waals surface area (Å²) < 4.78 is 19.6. The summed E-state index contributed by atoms with van der Waals surface area (Å²) in [6, 6.07) is 38.8. The van der Waals surface area contributed by atoms with Gasteiger partial charge in [-0.25, -0.2) is 0 Å². The highest BCUT2D eigenvalue weighted by Gasteiger charge is 2.51. The fourth-order valence-electron chi connectivity index (χ4n) is 5.35. The second kappa shape index (κ2) is 16.7. The van der Waals surface area contributed by atoms with Crippen LogP contribution < -0.4 is 10.4 Å². The zero-order chi connectivity index (χ0) is 30.5.